The molecule has 110 valence electrons. The lowest BCUT2D eigenvalue weighted by Crippen LogP contribution is -2.40. The molecule has 20 heavy (non-hydrogen) atoms. The van der Waals surface area contributed by atoms with E-state index in [0.717, 1.165) is 5.56 Å². The quantitative estimate of drug-likeness (QED) is 0.786. The standard InChI is InChI=1S/C14H18ClNO3S/c1-3-19-14(18)10(2)16-13(17)9-20-8-11-5-4-6-12(15)7-11/h4-7,10H,3,8-9H2,1-2H3,(H,16,17). The third kappa shape index (κ3) is 6.30. The van der Waals surface area contributed by atoms with Crippen molar-refractivity contribution >= 4 is 35.2 Å². The Balaban J connectivity index is 2.28. The molecule has 1 amide bonds. The Hall–Kier alpha value is -1.20. The number of halogens is 1. The third-order valence-corrected chi connectivity index (χ3v) is 3.65. The predicted molar refractivity (Wildman–Crippen MR) is 81.9 cm³/mol. The molecule has 1 rings (SSSR count). The second kappa shape index (κ2) is 8.87. The largest absolute Gasteiger partial charge is 0.464 e. The van der Waals surface area contributed by atoms with Crippen molar-refractivity contribution in [1.29, 1.82) is 0 Å². The van der Waals surface area contributed by atoms with Gasteiger partial charge in [0.1, 0.15) is 6.04 Å². The number of rotatable bonds is 7. The fraction of sp³-hybridized carbons (Fsp3) is 0.429. The second-order valence-electron chi connectivity index (χ2n) is 4.16. The number of carbonyl (C=O) groups excluding carboxylic acids is 2. The van der Waals surface area contributed by atoms with Crippen LogP contribution in [0.5, 0.6) is 0 Å². The van der Waals surface area contributed by atoms with E-state index in [1.807, 2.05) is 24.3 Å². The highest BCUT2D eigenvalue weighted by molar-refractivity contribution is 7.99. The van der Waals surface area contributed by atoms with Crippen LogP contribution in [0, 0.1) is 0 Å². The third-order valence-electron chi connectivity index (χ3n) is 2.41. The van der Waals surface area contributed by atoms with Crippen LogP contribution >= 0.6 is 23.4 Å². The van der Waals surface area contributed by atoms with E-state index in [9.17, 15) is 9.59 Å². The van der Waals surface area contributed by atoms with Gasteiger partial charge in [-0.05, 0) is 31.5 Å². The number of ether oxygens (including phenoxy) is 1. The number of thioether (sulfide) groups is 1. The summed E-state index contributed by atoms with van der Waals surface area (Å²) in [6.07, 6.45) is 0. The van der Waals surface area contributed by atoms with E-state index in [1.54, 1.807) is 13.8 Å². The van der Waals surface area contributed by atoms with E-state index in [2.05, 4.69) is 5.32 Å². The van der Waals surface area contributed by atoms with Gasteiger partial charge in [-0.2, -0.15) is 0 Å². The lowest BCUT2D eigenvalue weighted by molar-refractivity contribution is -0.146. The van der Waals surface area contributed by atoms with Crippen molar-refractivity contribution in [2.24, 2.45) is 0 Å². The van der Waals surface area contributed by atoms with Crippen LogP contribution in [0.1, 0.15) is 19.4 Å². The smallest absolute Gasteiger partial charge is 0.328 e. The molecule has 0 saturated carbocycles. The van der Waals surface area contributed by atoms with Gasteiger partial charge >= 0.3 is 5.97 Å². The lowest BCUT2D eigenvalue weighted by atomic mass is 10.2. The van der Waals surface area contributed by atoms with Crippen molar-refractivity contribution < 1.29 is 14.3 Å². The number of carbonyl (C=O) groups is 2. The molecule has 1 aromatic carbocycles. The number of amides is 1. The Bertz CT molecular complexity index is 467. The Morgan fingerprint density at radius 2 is 2.20 bits per heavy atom. The number of nitrogens with one attached hydrogen (secondary N) is 1. The molecular weight excluding hydrogens is 298 g/mol. The van der Waals surface area contributed by atoms with Gasteiger partial charge in [-0.3, -0.25) is 4.79 Å². The normalized spacial score (nSPS) is 11.8. The zero-order chi connectivity index (χ0) is 15.0. The molecule has 0 saturated heterocycles. The molecule has 0 aromatic heterocycles. The van der Waals surface area contributed by atoms with E-state index in [4.69, 9.17) is 16.3 Å². The van der Waals surface area contributed by atoms with Crippen molar-refractivity contribution in [1.82, 2.24) is 5.32 Å². The topological polar surface area (TPSA) is 55.4 Å². The van der Waals surface area contributed by atoms with E-state index in [1.165, 1.54) is 11.8 Å². The molecule has 1 atom stereocenters. The van der Waals surface area contributed by atoms with Crippen molar-refractivity contribution in [2.75, 3.05) is 12.4 Å². The van der Waals surface area contributed by atoms with Crippen LogP contribution in [0.2, 0.25) is 5.02 Å². The molecule has 0 bridgehead atoms. The van der Waals surface area contributed by atoms with E-state index < -0.39 is 12.0 Å². The zero-order valence-electron chi connectivity index (χ0n) is 11.5. The molecule has 1 aromatic rings. The van der Waals surface area contributed by atoms with Gasteiger partial charge in [0.05, 0.1) is 12.4 Å². The number of hydrogen-bond acceptors (Lipinski definition) is 4. The van der Waals surface area contributed by atoms with Crippen molar-refractivity contribution in [2.45, 2.75) is 25.6 Å². The summed E-state index contributed by atoms with van der Waals surface area (Å²) in [7, 11) is 0. The zero-order valence-corrected chi connectivity index (χ0v) is 13.1. The Morgan fingerprint density at radius 3 is 2.85 bits per heavy atom. The van der Waals surface area contributed by atoms with Crippen LogP contribution < -0.4 is 5.32 Å². The Kier molecular flexibility index (Phi) is 7.47. The van der Waals surface area contributed by atoms with Crippen molar-refractivity contribution in [3.63, 3.8) is 0 Å². The SMILES string of the molecule is CCOC(=O)C(C)NC(=O)CSCc1cccc(Cl)c1. The number of hydrogen-bond donors (Lipinski definition) is 1. The lowest BCUT2D eigenvalue weighted by Gasteiger charge is -2.12. The molecule has 4 nitrogen and oxygen atoms in total. The first-order valence-corrected chi connectivity index (χ1v) is 7.84. The average molecular weight is 316 g/mol. The fourth-order valence-corrected chi connectivity index (χ4v) is 2.50. The molecular formula is C14H18ClNO3S. The summed E-state index contributed by atoms with van der Waals surface area (Å²) in [5.74, 6) is 0.385. The van der Waals surface area contributed by atoms with E-state index in [-0.39, 0.29) is 11.7 Å². The van der Waals surface area contributed by atoms with Gasteiger partial charge in [0.15, 0.2) is 0 Å². The van der Waals surface area contributed by atoms with Crippen LogP contribution in [0.4, 0.5) is 0 Å². The summed E-state index contributed by atoms with van der Waals surface area (Å²) in [6.45, 7) is 3.65. The summed E-state index contributed by atoms with van der Waals surface area (Å²) in [6, 6.07) is 6.89. The van der Waals surface area contributed by atoms with Gasteiger partial charge in [0.2, 0.25) is 5.91 Å². The van der Waals surface area contributed by atoms with Crippen LogP contribution in [0.15, 0.2) is 24.3 Å². The minimum absolute atomic E-state index is 0.183. The number of benzene rings is 1. The van der Waals surface area contributed by atoms with E-state index in [0.29, 0.717) is 17.4 Å². The minimum atomic E-state index is -0.616. The van der Waals surface area contributed by atoms with E-state index >= 15 is 0 Å². The maximum atomic E-state index is 11.7. The first-order valence-electron chi connectivity index (χ1n) is 6.31. The van der Waals surface area contributed by atoms with Crippen LogP contribution in [0.3, 0.4) is 0 Å². The molecule has 0 heterocycles. The highest BCUT2D eigenvalue weighted by Gasteiger charge is 2.16. The molecule has 0 aliphatic heterocycles. The molecule has 0 fully saturated rings. The molecule has 1 unspecified atom stereocenters. The first kappa shape index (κ1) is 16.9. The summed E-state index contributed by atoms with van der Waals surface area (Å²) < 4.78 is 4.82. The maximum absolute atomic E-state index is 11.7. The minimum Gasteiger partial charge on any atom is -0.464 e. The Morgan fingerprint density at radius 1 is 1.45 bits per heavy atom. The van der Waals surface area contributed by atoms with Crippen molar-refractivity contribution in [3.8, 4) is 0 Å². The van der Waals surface area contributed by atoms with Crippen molar-refractivity contribution in [3.05, 3.63) is 34.9 Å². The predicted octanol–water partition coefficient (Wildman–Crippen LogP) is 2.64. The summed E-state index contributed by atoms with van der Waals surface area (Å²) >= 11 is 7.35. The van der Waals surface area contributed by atoms with Gasteiger partial charge in [0, 0.05) is 10.8 Å². The second-order valence-corrected chi connectivity index (χ2v) is 5.59. The van der Waals surface area contributed by atoms with Gasteiger partial charge in [0.25, 0.3) is 0 Å². The highest BCUT2D eigenvalue weighted by Crippen LogP contribution is 2.16. The van der Waals surface area contributed by atoms with Crippen LogP contribution in [0.25, 0.3) is 0 Å². The van der Waals surface area contributed by atoms with Gasteiger partial charge in [-0.25, -0.2) is 4.79 Å². The Labute approximate surface area is 128 Å². The molecule has 0 aliphatic carbocycles. The maximum Gasteiger partial charge on any atom is 0.328 e. The van der Waals surface area contributed by atoms with Gasteiger partial charge < -0.3 is 10.1 Å². The summed E-state index contributed by atoms with van der Waals surface area (Å²) in [4.78, 5) is 23.0. The molecule has 0 spiro atoms. The monoisotopic (exact) mass is 315 g/mol. The summed E-state index contributed by atoms with van der Waals surface area (Å²) in [5, 5.41) is 3.29. The highest BCUT2D eigenvalue weighted by atomic mass is 35.5. The molecule has 1 N–H and O–H groups in total. The fourth-order valence-electron chi connectivity index (χ4n) is 1.50. The first-order chi connectivity index (χ1) is 9.52. The molecule has 0 radical (unpaired) electrons. The average Bonchev–Trinajstić information content (AvgIpc) is 2.39. The number of esters is 1. The molecule has 6 heteroatoms. The van der Waals surface area contributed by atoms with Gasteiger partial charge in [-0.15, -0.1) is 11.8 Å². The summed E-state index contributed by atoms with van der Waals surface area (Å²) in [5.41, 5.74) is 1.06. The van der Waals surface area contributed by atoms with Gasteiger partial charge in [-0.1, -0.05) is 23.7 Å². The van der Waals surface area contributed by atoms with Crippen LogP contribution in [-0.4, -0.2) is 30.3 Å². The van der Waals surface area contributed by atoms with Crippen LogP contribution in [-0.2, 0) is 20.1 Å². The molecule has 0 aliphatic rings.